The normalized spacial score (nSPS) is 18.6. The lowest BCUT2D eigenvalue weighted by atomic mass is 9.81. The Morgan fingerprint density at radius 1 is 1.28 bits per heavy atom. The second-order valence-corrected chi connectivity index (χ2v) is 7.44. The summed E-state index contributed by atoms with van der Waals surface area (Å²) in [4.78, 5) is 21.6. The third-order valence-corrected chi connectivity index (χ3v) is 5.36. The summed E-state index contributed by atoms with van der Waals surface area (Å²) in [5.41, 5.74) is 9.44. The molecule has 8 heteroatoms. The smallest absolute Gasteiger partial charge is 0.274 e. The van der Waals surface area contributed by atoms with Crippen LogP contribution in [0, 0.1) is 6.92 Å². The summed E-state index contributed by atoms with van der Waals surface area (Å²) in [6, 6.07) is 11.5. The maximum absolute atomic E-state index is 12.8. The van der Waals surface area contributed by atoms with Gasteiger partial charge in [-0.15, -0.1) is 0 Å². The predicted octanol–water partition coefficient (Wildman–Crippen LogP) is 3.15. The van der Waals surface area contributed by atoms with Crippen molar-refractivity contribution in [2.75, 3.05) is 5.32 Å². The number of benzene rings is 1. The fourth-order valence-corrected chi connectivity index (χ4v) is 3.56. The van der Waals surface area contributed by atoms with Crippen LogP contribution in [-0.4, -0.2) is 31.5 Å². The van der Waals surface area contributed by atoms with Crippen LogP contribution >= 0.6 is 0 Å². The molecule has 3 aromatic heterocycles. The Kier molecular flexibility index (Phi) is 4.13. The van der Waals surface area contributed by atoms with E-state index < -0.39 is 0 Å². The van der Waals surface area contributed by atoms with Gasteiger partial charge in [-0.05, 0) is 43.5 Å². The summed E-state index contributed by atoms with van der Waals surface area (Å²) >= 11 is 0. The van der Waals surface area contributed by atoms with Crippen LogP contribution in [-0.2, 0) is 0 Å². The lowest BCUT2D eigenvalue weighted by molar-refractivity contribution is 0.102. The van der Waals surface area contributed by atoms with Crippen LogP contribution in [0.3, 0.4) is 0 Å². The monoisotopic (exact) mass is 388 g/mol. The Bertz CT molecular complexity index is 1200. The molecule has 1 aromatic carbocycles. The van der Waals surface area contributed by atoms with Gasteiger partial charge >= 0.3 is 0 Å². The first-order chi connectivity index (χ1) is 14.1. The van der Waals surface area contributed by atoms with Gasteiger partial charge in [0.25, 0.3) is 5.91 Å². The molecule has 0 bridgehead atoms. The molecule has 1 aliphatic carbocycles. The molecule has 5 rings (SSSR count). The highest BCUT2D eigenvalue weighted by atomic mass is 16.5. The zero-order chi connectivity index (χ0) is 20.0. The molecule has 29 heavy (non-hydrogen) atoms. The van der Waals surface area contributed by atoms with Crippen LogP contribution in [0.15, 0.2) is 53.3 Å². The Morgan fingerprint density at radius 3 is 2.97 bits per heavy atom. The first-order valence-corrected chi connectivity index (χ1v) is 9.52. The van der Waals surface area contributed by atoms with E-state index in [9.17, 15) is 4.79 Å². The summed E-state index contributed by atoms with van der Waals surface area (Å²) in [7, 11) is 0. The van der Waals surface area contributed by atoms with Crippen molar-refractivity contribution in [2.24, 2.45) is 5.73 Å². The number of anilines is 1. The number of carbonyl (C=O) groups excluding carboxylic acids is 1. The van der Waals surface area contributed by atoms with Gasteiger partial charge in [-0.2, -0.15) is 4.98 Å². The number of amides is 1. The number of aryl methyl sites for hydroxylation is 1. The molecule has 1 fully saturated rings. The number of carbonyl (C=O) groups is 1. The summed E-state index contributed by atoms with van der Waals surface area (Å²) < 4.78 is 7.17. The second kappa shape index (κ2) is 6.82. The molecule has 0 atom stereocenters. The Balaban J connectivity index is 1.40. The zero-order valence-electron chi connectivity index (χ0n) is 15.9. The fourth-order valence-electron chi connectivity index (χ4n) is 3.56. The number of pyridine rings is 1. The number of hydrogen-bond donors (Lipinski definition) is 2. The van der Waals surface area contributed by atoms with E-state index >= 15 is 0 Å². The molecule has 0 aliphatic heterocycles. The predicted molar refractivity (Wildman–Crippen MR) is 108 cm³/mol. The van der Waals surface area contributed by atoms with E-state index in [-0.39, 0.29) is 17.9 Å². The largest absolute Gasteiger partial charge is 0.339 e. The van der Waals surface area contributed by atoms with Crippen LogP contribution in [0.5, 0.6) is 0 Å². The van der Waals surface area contributed by atoms with E-state index in [1.54, 1.807) is 10.6 Å². The van der Waals surface area contributed by atoms with Crippen LogP contribution < -0.4 is 11.1 Å². The fraction of sp³-hybridized carbons (Fsp3) is 0.238. The first-order valence-electron chi connectivity index (χ1n) is 9.52. The minimum atomic E-state index is -0.235. The Labute approximate surface area is 166 Å². The van der Waals surface area contributed by atoms with Crippen LogP contribution in [0.4, 0.5) is 5.69 Å². The number of rotatable bonds is 4. The van der Waals surface area contributed by atoms with Crippen LogP contribution in [0.25, 0.3) is 17.0 Å². The number of aromatic nitrogens is 4. The standard InChI is InChI=1S/C21H20N6O2/c1-12-5-6-13(19-25-21(29-26-19)14-8-15(22)9-14)10-16(12)24-20(28)17-11-23-18-4-2-3-7-27(17)18/h2-7,10-11,14-15H,8-9,22H2,1H3,(H,24,28). The molecule has 146 valence electrons. The molecule has 0 spiro atoms. The highest BCUT2D eigenvalue weighted by Gasteiger charge is 2.32. The molecule has 8 nitrogen and oxygen atoms in total. The van der Waals surface area contributed by atoms with E-state index in [2.05, 4.69) is 20.4 Å². The van der Waals surface area contributed by atoms with Crippen molar-refractivity contribution in [3.05, 3.63) is 65.9 Å². The third kappa shape index (κ3) is 3.17. The summed E-state index contributed by atoms with van der Waals surface area (Å²) in [5.74, 6) is 1.14. The molecule has 4 aromatic rings. The van der Waals surface area contributed by atoms with E-state index in [0.29, 0.717) is 23.1 Å². The van der Waals surface area contributed by atoms with E-state index in [0.717, 1.165) is 29.6 Å². The quantitative estimate of drug-likeness (QED) is 0.555. The number of fused-ring (bicyclic) bond motifs is 1. The topological polar surface area (TPSA) is 111 Å². The van der Waals surface area contributed by atoms with Crippen molar-refractivity contribution in [2.45, 2.75) is 31.7 Å². The Morgan fingerprint density at radius 2 is 2.14 bits per heavy atom. The van der Waals surface area contributed by atoms with Gasteiger partial charge in [0.2, 0.25) is 11.7 Å². The van der Waals surface area contributed by atoms with Gasteiger partial charge in [-0.1, -0.05) is 23.4 Å². The van der Waals surface area contributed by atoms with Gasteiger partial charge in [0, 0.05) is 29.4 Å². The van der Waals surface area contributed by atoms with Gasteiger partial charge in [0.1, 0.15) is 11.3 Å². The van der Waals surface area contributed by atoms with E-state index in [1.807, 2.05) is 49.5 Å². The summed E-state index contributed by atoms with van der Waals surface area (Å²) in [5, 5.41) is 7.07. The minimum Gasteiger partial charge on any atom is -0.339 e. The molecule has 3 N–H and O–H groups in total. The number of nitrogens with zero attached hydrogens (tertiary/aromatic N) is 4. The minimum absolute atomic E-state index is 0.219. The van der Waals surface area contributed by atoms with Gasteiger partial charge in [0.15, 0.2) is 0 Å². The van der Waals surface area contributed by atoms with Crippen molar-refractivity contribution in [3.63, 3.8) is 0 Å². The van der Waals surface area contributed by atoms with E-state index in [4.69, 9.17) is 10.3 Å². The van der Waals surface area contributed by atoms with Gasteiger partial charge in [-0.3, -0.25) is 9.20 Å². The lowest BCUT2D eigenvalue weighted by Gasteiger charge is -2.28. The van der Waals surface area contributed by atoms with Crippen molar-refractivity contribution < 1.29 is 9.32 Å². The third-order valence-electron chi connectivity index (χ3n) is 5.36. The van der Waals surface area contributed by atoms with Gasteiger partial charge < -0.3 is 15.6 Å². The molecule has 0 saturated heterocycles. The first kappa shape index (κ1) is 17.6. The molecule has 1 saturated carbocycles. The van der Waals surface area contributed by atoms with Crippen molar-refractivity contribution >= 4 is 17.2 Å². The number of nitrogens with one attached hydrogen (secondary N) is 1. The highest BCUT2D eigenvalue weighted by Crippen LogP contribution is 2.35. The van der Waals surface area contributed by atoms with Crippen LogP contribution in [0.1, 0.15) is 40.7 Å². The van der Waals surface area contributed by atoms with Crippen molar-refractivity contribution in [1.82, 2.24) is 19.5 Å². The van der Waals surface area contributed by atoms with Crippen LogP contribution in [0.2, 0.25) is 0 Å². The van der Waals surface area contributed by atoms with Crippen molar-refractivity contribution in [1.29, 1.82) is 0 Å². The lowest BCUT2D eigenvalue weighted by Crippen LogP contribution is -2.34. The second-order valence-electron chi connectivity index (χ2n) is 7.44. The van der Waals surface area contributed by atoms with Gasteiger partial charge in [-0.25, -0.2) is 4.98 Å². The Hall–Kier alpha value is -3.52. The average Bonchev–Trinajstić information content (AvgIpc) is 3.34. The number of imidazole rings is 1. The molecular weight excluding hydrogens is 368 g/mol. The maximum Gasteiger partial charge on any atom is 0.274 e. The molecule has 3 heterocycles. The molecule has 0 unspecified atom stereocenters. The highest BCUT2D eigenvalue weighted by molar-refractivity contribution is 6.04. The zero-order valence-corrected chi connectivity index (χ0v) is 15.9. The summed E-state index contributed by atoms with van der Waals surface area (Å²) in [6.45, 7) is 1.94. The number of nitrogens with two attached hydrogens (primary N) is 1. The van der Waals surface area contributed by atoms with Gasteiger partial charge in [0.05, 0.1) is 6.20 Å². The number of hydrogen-bond acceptors (Lipinski definition) is 6. The molecule has 1 aliphatic rings. The van der Waals surface area contributed by atoms with E-state index in [1.165, 1.54) is 0 Å². The molecule has 0 radical (unpaired) electrons. The molecular formula is C21H20N6O2. The maximum atomic E-state index is 12.8. The SMILES string of the molecule is Cc1ccc(-c2noc(C3CC(N)C3)n2)cc1NC(=O)c1cnc2ccccn12. The summed E-state index contributed by atoms with van der Waals surface area (Å²) in [6.07, 6.45) is 5.12. The molecule has 1 amide bonds. The average molecular weight is 388 g/mol. The van der Waals surface area contributed by atoms with Crippen molar-refractivity contribution in [3.8, 4) is 11.4 Å².